The normalized spacial score (nSPS) is 13.3. The van der Waals surface area contributed by atoms with Gasteiger partial charge in [0.2, 0.25) is 5.89 Å². The molecule has 1 unspecified atom stereocenters. The van der Waals surface area contributed by atoms with Gasteiger partial charge < -0.3 is 15.1 Å². The van der Waals surface area contributed by atoms with E-state index in [1.54, 1.807) is 24.6 Å². The number of nitrogens with zero attached hydrogens (tertiary/aromatic N) is 2. The van der Waals surface area contributed by atoms with Crippen LogP contribution < -0.4 is 10.6 Å². The van der Waals surface area contributed by atoms with Crippen LogP contribution in [0.1, 0.15) is 39.3 Å². The molecule has 2 aromatic heterocycles. The molecular weight excluding hydrogens is 308 g/mol. The number of rotatable bonds is 7. The van der Waals surface area contributed by atoms with E-state index in [4.69, 9.17) is 4.42 Å². The molecular formula is C17H26N4OS. The maximum atomic E-state index is 5.52. The van der Waals surface area contributed by atoms with Crippen molar-refractivity contribution in [3.8, 4) is 10.8 Å². The first kappa shape index (κ1) is 17.5. The van der Waals surface area contributed by atoms with Crippen molar-refractivity contribution in [3.05, 3.63) is 29.5 Å². The van der Waals surface area contributed by atoms with Gasteiger partial charge >= 0.3 is 0 Å². The minimum Gasteiger partial charge on any atom is -0.443 e. The van der Waals surface area contributed by atoms with E-state index < -0.39 is 0 Å². The molecule has 0 amide bonds. The van der Waals surface area contributed by atoms with Gasteiger partial charge in [0.15, 0.2) is 5.96 Å². The first-order valence-electron chi connectivity index (χ1n) is 8.04. The largest absolute Gasteiger partial charge is 0.443 e. The number of guanidine groups is 1. The second-order valence-corrected chi connectivity index (χ2v) is 7.01. The summed E-state index contributed by atoms with van der Waals surface area (Å²) in [6, 6.07) is 4.39. The zero-order valence-electron chi connectivity index (χ0n) is 14.3. The first-order valence-corrected chi connectivity index (χ1v) is 8.92. The van der Waals surface area contributed by atoms with Crippen LogP contribution in [-0.4, -0.2) is 24.0 Å². The molecule has 2 N–H and O–H groups in total. The van der Waals surface area contributed by atoms with Gasteiger partial charge in [-0.25, -0.2) is 4.98 Å². The van der Waals surface area contributed by atoms with Crippen molar-refractivity contribution in [2.24, 2.45) is 10.9 Å². The highest BCUT2D eigenvalue weighted by Crippen LogP contribution is 2.23. The smallest absolute Gasteiger partial charge is 0.236 e. The minimum atomic E-state index is 0.391. The zero-order valence-corrected chi connectivity index (χ0v) is 15.1. The fourth-order valence-electron chi connectivity index (χ4n) is 2.16. The average Bonchev–Trinajstić information content (AvgIpc) is 3.19. The van der Waals surface area contributed by atoms with E-state index in [9.17, 15) is 0 Å². The second-order valence-electron chi connectivity index (χ2n) is 6.06. The molecule has 0 aliphatic carbocycles. The first-order chi connectivity index (χ1) is 11.1. The highest BCUT2D eigenvalue weighted by Gasteiger charge is 2.09. The van der Waals surface area contributed by atoms with Crippen molar-refractivity contribution < 1.29 is 4.42 Å². The van der Waals surface area contributed by atoms with Gasteiger partial charge in [-0.2, -0.15) is 0 Å². The van der Waals surface area contributed by atoms with E-state index in [1.807, 2.05) is 17.5 Å². The fourth-order valence-corrected chi connectivity index (χ4v) is 2.81. The van der Waals surface area contributed by atoms with Gasteiger partial charge in [0.05, 0.1) is 17.1 Å². The van der Waals surface area contributed by atoms with Gasteiger partial charge in [-0.1, -0.05) is 19.9 Å². The molecule has 5 nitrogen and oxygen atoms in total. The van der Waals surface area contributed by atoms with Gasteiger partial charge in [0.1, 0.15) is 6.26 Å². The maximum Gasteiger partial charge on any atom is 0.236 e. The van der Waals surface area contributed by atoms with Gasteiger partial charge in [-0.3, -0.25) is 4.99 Å². The van der Waals surface area contributed by atoms with E-state index in [2.05, 4.69) is 41.4 Å². The van der Waals surface area contributed by atoms with Crippen molar-refractivity contribution in [1.29, 1.82) is 0 Å². The Labute approximate surface area is 142 Å². The molecule has 2 aromatic rings. The molecule has 6 heteroatoms. The Morgan fingerprint density at radius 1 is 1.35 bits per heavy atom. The molecule has 0 bridgehead atoms. The van der Waals surface area contributed by atoms with Crippen LogP contribution >= 0.6 is 11.3 Å². The Kier molecular flexibility index (Phi) is 6.65. The van der Waals surface area contributed by atoms with E-state index >= 15 is 0 Å². The molecule has 0 saturated carbocycles. The lowest BCUT2D eigenvalue weighted by molar-refractivity contribution is 0.489. The summed E-state index contributed by atoms with van der Waals surface area (Å²) in [5, 5.41) is 8.71. The highest BCUT2D eigenvalue weighted by atomic mass is 32.1. The molecule has 0 aromatic carbocycles. The third-order valence-electron chi connectivity index (χ3n) is 3.50. The van der Waals surface area contributed by atoms with Crippen LogP contribution in [0.15, 0.2) is 33.2 Å². The van der Waals surface area contributed by atoms with Crippen LogP contribution in [0.2, 0.25) is 0 Å². The number of hydrogen-bond donors (Lipinski definition) is 2. The van der Waals surface area contributed by atoms with E-state index in [1.165, 1.54) is 6.42 Å². The number of aliphatic imine (C=N–C) groups is 1. The monoisotopic (exact) mass is 334 g/mol. The molecule has 2 heterocycles. The summed E-state index contributed by atoms with van der Waals surface area (Å²) in [5.74, 6) is 2.19. The Bertz CT molecular complexity index is 604. The Morgan fingerprint density at radius 3 is 2.83 bits per heavy atom. The predicted molar refractivity (Wildman–Crippen MR) is 96.7 cm³/mol. The average molecular weight is 334 g/mol. The molecule has 0 radical (unpaired) electrons. The molecule has 0 fully saturated rings. The van der Waals surface area contributed by atoms with Crippen LogP contribution in [-0.2, 0) is 6.54 Å². The van der Waals surface area contributed by atoms with E-state index in [0.29, 0.717) is 18.5 Å². The quantitative estimate of drug-likeness (QED) is 0.595. The number of nitrogens with one attached hydrogen (secondary N) is 2. The summed E-state index contributed by atoms with van der Waals surface area (Å²) in [7, 11) is 1.78. The number of oxazole rings is 1. The summed E-state index contributed by atoms with van der Waals surface area (Å²) in [6.07, 6.45) is 4.03. The molecule has 1 atom stereocenters. The van der Waals surface area contributed by atoms with Crippen LogP contribution in [0.3, 0.4) is 0 Å². The molecule has 0 spiro atoms. The lowest BCUT2D eigenvalue weighted by Crippen LogP contribution is -2.42. The fraction of sp³-hybridized carbons (Fsp3) is 0.529. The maximum absolute atomic E-state index is 5.52. The van der Waals surface area contributed by atoms with Crippen molar-refractivity contribution in [3.63, 3.8) is 0 Å². The van der Waals surface area contributed by atoms with Gasteiger partial charge in [-0.15, -0.1) is 11.3 Å². The Hall–Kier alpha value is -1.82. The van der Waals surface area contributed by atoms with Crippen molar-refractivity contribution in [2.45, 2.75) is 46.2 Å². The Morgan fingerprint density at radius 2 is 2.17 bits per heavy atom. The third-order valence-corrected chi connectivity index (χ3v) is 4.36. The van der Waals surface area contributed by atoms with Gasteiger partial charge in [0.25, 0.3) is 0 Å². The Balaban J connectivity index is 1.81. The summed E-state index contributed by atoms with van der Waals surface area (Å²) < 4.78 is 5.52. The minimum absolute atomic E-state index is 0.391. The third kappa shape index (κ3) is 5.71. The lowest BCUT2D eigenvalue weighted by Gasteiger charge is -2.18. The van der Waals surface area contributed by atoms with Crippen molar-refractivity contribution >= 4 is 17.3 Å². The molecule has 126 valence electrons. The highest BCUT2D eigenvalue weighted by molar-refractivity contribution is 7.13. The summed E-state index contributed by atoms with van der Waals surface area (Å²) >= 11 is 1.62. The number of hydrogen-bond acceptors (Lipinski definition) is 4. The molecule has 2 rings (SSSR count). The summed E-state index contributed by atoms with van der Waals surface area (Å²) in [5.41, 5.74) is 0.867. The summed E-state index contributed by atoms with van der Waals surface area (Å²) in [4.78, 5) is 9.80. The SMILES string of the molecule is CN=C(NCc1coc(-c2cccs2)n1)NC(C)CCC(C)C. The van der Waals surface area contributed by atoms with Gasteiger partial charge in [0, 0.05) is 13.1 Å². The molecule has 0 aliphatic heterocycles. The summed E-state index contributed by atoms with van der Waals surface area (Å²) in [6.45, 7) is 7.26. The van der Waals surface area contributed by atoms with Crippen LogP contribution in [0.25, 0.3) is 10.8 Å². The molecule has 0 aliphatic rings. The van der Waals surface area contributed by atoms with Gasteiger partial charge in [-0.05, 0) is 37.1 Å². The van der Waals surface area contributed by atoms with Crippen LogP contribution in [0.5, 0.6) is 0 Å². The lowest BCUT2D eigenvalue weighted by atomic mass is 10.0. The van der Waals surface area contributed by atoms with E-state index in [0.717, 1.165) is 28.9 Å². The zero-order chi connectivity index (χ0) is 16.7. The van der Waals surface area contributed by atoms with Crippen molar-refractivity contribution in [2.75, 3.05) is 7.05 Å². The number of thiophene rings is 1. The molecule has 23 heavy (non-hydrogen) atoms. The van der Waals surface area contributed by atoms with Crippen molar-refractivity contribution in [1.82, 2.24) is 15.6 Å². The number of aromatic nitrogens is 1. The predicted octanol–water partition coefficient (Wildman–Crippen LogP) is 3.89. The topological polar surface area (TPSA) is 62.5 Å². The molecule has 0 saturated heterocycles. The second kappa shape index (κ2) is 8.72. The van der Waals surface area contributed by atoms with Crippen LogP contribution in [0, 0.1) is 5.92 Å². The van der Waals surface area contributed by atoms with Crippen LogP contribution in [0.4, 0.5) is 0 Å². The standard InChI is InChI=1S/C17H26N4OS/c1-12(2)7-8-13(3)20-17(18-4)19-10-14-11-22-16(21-14)15-6-5-9-23-15/h5-6,9,11-13H,7-8,10H2,1-4H3,(H2,18,19,20). The van der Waals surface area contributed by atoms with E-state index in [-0.39, 0.29) is 0 Å².